The van der Waals surface area contributed by atoms with Gasteiger partial charge < -0.3 is 0 Å². The van der Waals surface area contributed by atoms with E-state index in [1.54, 1.807) is 24.3 Å². The number of aliphatic imine (C=N–C) groups is 1. The molecule has 0 unspecified atom stereocenters. The second kappa shape index (κ2) is 4.32. The summed E-state index contributed by atoms with van der Waals surface area (Å²) >= 11 is 0. The molecule has 4 heteroatoms. The third kappa shape index (κ3) is 2.52. The fraction of sp³-hybridized carbons (Fsp3) is 0.100. The van der Waals surface area contributed by atoms with Crippen LogP contribution in [-0.4, -0.2) is 11.6 Å². The summed E-state index contributed by atoms with van der Waals surface area (Å²) in [6.45, 7) is 4.83. The van der Waals surface area contributed by atoms with Crippen molar-refractivity contribution in [1.29, 1.82) is 0 Å². The third-order valence-corrected chi connectivity index (χ3v) is 1.72. The topological polar surface area (TPSA) is 55.5 Å². The van der Waals surface area contributed by atoms with E-state index in [2.05, 4.69) is 11.7 Å². The molecule has 0 aromatic heterocycles. The molecule has 1 rings (SSSR count). The Morgan fingerprint density at radius 3 is 2.93 bits per heavy atom. The molecule has 0 bridgehead atoms. The highest BCUT2D eigenvalue weighted by Gasteiger charge is 2.01. The number of rotatable bonds is 3. The Kier molecular flexibility index (Phi) is 3.12. The van der Waals surface area contributed by atoms with Crippen LogP contribution in [0.5, 0.6) is 0 Å². The molecule has 0 N–H and O–H groups in total. The van der Waals surface area contributed by atoms with Crippen molar-refractivity contribution in [1.82, 2.24) is 0 Å². The van der Waals surface area contributed by atoms with Crippen molar-refractivity contribution in [3.8, 4) is 0 Å². The molecule has 0 aliphatic carbocycles. The zero-order chi connectivity index (χ0) is 10.6. The van der Waals surface area contributed by atoms with Crippen molar-refractivity contribution in [2.24, 2.45) is 4.99 Å². The zero-order valence-electron chi connectivity index (χ0n) is 7.80. The van der Waals surface area contributed by atoms with E-state index in [0.29, 0.717) is 5.69 Å². The largest absolute Gasteiger partial charge is 0.265 e. The van der Waals surface area contributed by atoms with Crippen LogP contribution in [0.3, 0.4) is 0 Å². The zero-order valence-corrected chi connectivity index (χ0v) is 7.80. The first kappa shape index (κ1) is 10.1. The van der Waals surface area contributed by atoms with Crippen molar-refractivity contribution in [3.05, 3.63) is 45.6 Å². The average molecular weight is 190 g/mol. The monoisotopic (exact) mass is 190 g/mol. The highest BCUT2D eigenvalue weighted by Crippen LogP contribution is 2.15. The Balaban J connectivity index is 3.02. The van der Waals surface area contributed by atoms with Crippen LogP contribution in [0.15, 0.2) is 35.0 Å². The summed E-state index contributed by atoms with van der Waals surface area (Å²) in [6.07, 6.45) is 1.49. The van der Waals surface area contributed by atoms with Gasteiger partial charge in [-0.25, -0.2) is 0 Å². The highest BCUT2D eigenvalue weighted by atomic mass is 16.6. The lowest BCUT2D eigenvalue weighted by molar-refractivity contribution is -0.422. The van der Waals surface area contributed by atoms with Crippen LogP contribution in [0.4, 0.5) is 5.69 Å². The molecule has 0 saturated carbocycles. The fourth-order valence-electron chi connectivity index (χ4n) is 1.01. The molecule has 0 aliphatic rings. The van der Waals surface area contributed by atoms with Crippen LogP contribution in [0, 0.1) is 10.1 Å². The molecular formula is C10H10N2O2. The summed E-state index contributed by atoms with van der Waals surface area (Å²) in [6, 6.07) is 7.08. The van der Waals surface area contributed by atoms with Crippen LogP contribution >= 0.6 is 0 Å². The van der Waals surface area contributed by atoms with Gasteiger partial charge in [-0.05, 0) is 24.4 Å². The van der Waals surface area contributed by atoms with Crippen molar-refractivity contribution in [2.75, 3.05) is 0 Å². The molecule has 0 spiro atoms. The maximum atomic E-state index is 10.4. The van der Waals surface area contributed by atoms with E-state index in [0.717, 1.165) is 5.56 Å². The first-order chi connectivity index (χ1) is 6.63. The molecule has 0 aliphatic heterocycles. The molecule has 0 radical (unpaired) electrons. The molecule has 72 valence electrons. The van der Waals surface area contributed by atoms with E-state index in [4.69, 9.17) is 0 Å². The van der Waals surface area contributed by atoms with Gasteiger partial charge in [-0.3, -0.25) is 15.1 Å². The molecule has 0 fully saturated rings. The van der Waals surface area contributed by atoms with Gasteiger partial charge in [-0.2, -0.15) is 0 Å². The van der Waals surface area contributed by atoms with Crippen molar-refractivity contribution in [2.45, 2.75) is 6.92 Å². The maximum absolute atomic E-state index is 10.4. The molecule has 1 aromatic rings. The van der Waals surface area contributed by atoms with E-state index < -0.39 is 4.92 Å². The van der Waals surface area contributed by atoms with Gasteiger partial charge in [0.1, 0.15) is 0 Å². The second-order valence-electron chi connectivity index (χ2n) is 2.80. The highest BCUT2D eigenvalue weighted by molar-refractivity contribution is 5.57. The van der Waals surface area contributed by atoms with E-state index in [9.17, 15) is 10.1 Å². The molecular weight excluding hydrogens is 180 g/mol. The lowest BCUT2D eigenvalue weighted by Gasteiger charge is -1.95. The average Bonchev–Trinajstić information content (AvgIpc) is 2.18. The SMILES string of the molecule is C=Nc1cccc(/C=C(\C)[N+](=O)[O-])c1. The Morgan fingerprint density at radius 2 is 2.36 bits per heavy atom. The molecule has 0 heterocycles. The Bertz CT molecular complexity index is 397. The van der Waals surface area contributed by atoms with Crippen LogP contribution in [-0.2, 0) is 0 Å². The lowest BCUT2D eigenvalue weighted by atomic mass is 10.2. The number of nitrogens with zero attached hydrogens (tertiary/aromatic N) is 2. The molecule has 1 aromatic carbocycles. The predicted molar refractivity (Wildman–Crippen MR) is 56.3 cm³/mol. The minimum Gasteiger partial charge on any atom is -0.265 e. The van der Waals surface area contributed by atoms with Gasteiger partial charge in [0, 0.05) is 13.0 Å². The summed E-state index contributed by atoms with van der Waals surface area (Å²) in [5, 5.41) is 10.4. The first-order valence-corrected chi connectivity index (χ1v) is 4.03. The second-order valence-corrected chi connectivity index (χ2v) is 2.80. The van der Waals surface area contributed by atoms with E-state index in [1.165, 1.54) is 13.0 Å². The molecule has 0 saturated heterocycles. The number of nitro groups is 1. The Morgan fingerprint density at radius 1 is 1.64 bits per heavy atom. The summed E-state index contributed by atoms with van der Waals surface area (Å²) in [5.41, 5.74) is 1.56. The van der Waals surface area contributed by atoms with Gasteiger partial charge in [0.25, 0.3) is 0 Å². The maximum Gasteiger partial charge on any atom is 0.243 e. The fourth-order valence-corrected chi connectivity index (χ4v) is 1.01. The predicted octanol–water partition coefficient (Wildman–Crippen LogP) is 2.66. The quantitative estimate of drug-likeness (QED) is 0.418. The van der Waals surface area contributed by atoms with Gasteiger partial charge in [-0.1, -0.05) is 12.1 Å². The Labute approximate surface area is 81.7 Å². The van der Waals surface area contributed by atoms with Gasteiger partial charge in [0.15, 0.2) is 0 Å². The number of allylic oxidation sites excluding steroid dienone is 1. The smallest absolute Gasteiger partial charge is 0.243 e. The van der Waals surface area contributed by atoms with Crippen LogP contribution in [0.25, 0.3) is 6.08 Å². The number of benzene rings is 1. The normalized spacial score (nSPS) is 11.1. The van der Waals surface area contributed by atoms with Crippen LogP contribution < -0.4 is 0 Å². The van der Waals surface area contributed by atoms with Crippen molar-refractivity contribution < 1.29 is 4.92 Å². The minimum atomic E-state index is -0.423. The van der Waals surface area contributed by atoms with Gasteiger partial charge >= 0.3 is 0 Å². The van der Waals surface area contributed by atoms with Crippen LogP contribution in [0.1, 0.15) is 12.5 Å². The third-order valence-electron chi connectivity index (χ3n) is 1.72. The first-order valence-electron chi connectivity index (χ1n) is 4.03. The van der Waals surface area contributed by atoms with E-state index in [1.807, 2.05) is 0 Å². The standard InChI is InChI=1S/C10H10N2O2/c1-8(12(13)14)6-9-4-3-5-10(7-9)11-2/h3-7H,2H2,1H3/b8-6+. The van der Waals surface area contributed by atoms with Crippen molar-refractivity contribution in [3.63, 3.8) is 0 Å². The molecule has 4 nitrogen and oxygen atoms in total. The summed E-state index contributed by atoms with van der Waals surface area (Å²) < 4.78 is 0. The summed E-state index contributed by atoms with van der Waals surface area (Å²) in [7, 11) is 0. The molecule has 0 atom stereocenters. The van der Waals surface area contributed by atoms with Crippen LogP contribution in [0.2, 0.25) is 0 Å². The molecule has 14 heavy (non-hydrogen) atoms. The van der Waals surface area contributed by atoms with E-state index >= 15 is 0 Å². The Hall–Kier alpha value is -1.97. The van der Waals surface area contributed by atoms with Gasteiger partial charge in [-0.15, -0.1) is 0 Å². The molecule has 0 amide bonds. The van der Waals surface area contributed by atoms with Gasteiger partial charge in [0.2, 0.25) is 5.70 Å². The van der Waals surface area contributed by atoms with E-state index in [-0.39, 0.29) is 5.70 Å². The van der Waals surface area contributed by atoms with Gasteiger partial charge in [0.05, 0.1) is 10.6 Å². The number of hydrogen-bond donors (Lipinski definition) is 0. The summed E-state index contributed by atoms with van der Waals surface area (Å²) in [4.78, 5) is 13.7. The minimum absolute atomic E-state index is 0.103. The van der Waals surface area contributed by atoms with Crippen molar-refractivity contribution >= 4 is 18.5 Å². The lowest BCUT2D eigenvalue weighted by Crippen LogP contribution is -1.92. The number of hydrogen-bond acceptors (Lipinski definition) is 3. The summed E-state index contributed by atoms with van der Waals surface area (Å²) in [5.74, 6) is 0.